The van der Waals surface area contributed by atoms with Crippen LogP contribution in [0.4, 0.5) is 5.69 Å². The minimum atomic E-state index is -0.433. The Hall–Kier alpha value is -3.81. The van der Waals surface area contributed by atoms with Gasteiger partial charge in [0.1, 0.15) is 11.5 Å². The van der Waals surface area contributed by atoms with Crippen molar-refractivity contribution in [3.63, 3.8) is 0 Å². The van der Waals surface area contributed by atoms with Crippen LogP contribution in [0.5, 0.6) is 11.5 Å². The maximum absolute atomic E-state index is 13.5. The zero-order valence-electron chi connectivity index (χ0n) is 26.9. The SMILES string of the molecule is COC(=O)c1c(N(CCCN(C)C)CCCN(C)C)ccc2c1C=CC(c1ccc(OC)cc1)(c1ccc(OC)cc1)C2. The molecule has 0 bridgehead atoms. The van der Waals surface area contributed by atoms with Crippen LogP contribution < -0.4 is 14.4 Å². The molecule has 0 radical (unpaired) electrons. The minimum Gasteiger partial charge on any atom is -0.497 e. The van der Waals surface area contributed by atoms with Crippen molar-refractivity contribution in [3.05, 3.63) is 94.6 Å². The molecule has 7 nitrogen and oxygen atoms in total. The van der Waals surface area contributed by atoms with E-state index in [4.69, 9.17) is 14.2 Å². The Bertz CT molecular complexity index is 1320. The van der Waals surface area contributed by atoms with E-state index in [-0.39, 0.29) is 5.97 Å². The molecular formula is C36H47N3O4. The summed E-state index contributed by atoms with van der Waals surface area (Å²) in [6.07, 6.45) is 7.07. The van der Waals surface area contributed by atoms with Crippen molar-refractivity contribution in [3.8, 4) is 11.5 Å². The van der Waals surface area contributed by atoms with Gasteiger partial charge >= 0.3 is 5.97 Å². The summed E-state index contributed by atoms with van der Waals surface area (Å²) in [5, 5.41) is 0. The van der Waals surface area contributed by atoms with Gasteiger partial charge in [-0.2, -0.15) is 0 Å². The largest absolute Gasteiger partial charge is 0.497 e. The Morgan fingerprint density at radius 1 is 0.721 bits per heavy atom. The highest BCUT2D eigenvalue weighted by atomic mass is 16.5. The lowest BCUT2D eigenvalue weighted by Crippen LogP contribution is -2.33. The fourth-order valence-electron chi connectivity index (χ4n) is 6.01. The number of anilines is 1. The quantitative estimate of drug-likeness (QED) is 0.223. The van der Waals surface area contributed by atoms with Gasteiger partial charge in [0.05, 0.1) is 32.6 Å². The molecule has 0 amide bonds. The smallest absolute Gasteiger partial charge is 0.340 e. The molecular weight excluding hydrogens is 538 g/mol. The second kappa shape index (κ2) is 14.6. The molecule has 0 saturated heterocycles. The monoisotopic (exact) mass is 585 g/mol. The highest BCUT2D eigenvalue weighted by molar-refractivity contribution is 6.01. The van der Waals surface area contributed by atoms with Crippen molar-refractivity contribution in [2.24, 2.45) is 0 Å². The van der Waals surface area contributed by atoms with Crippen molar-refractivity contribution < 1.29 is 19.0 Å². The first kappa shape index (κ1) is 32.1. The Labute approximate surface area is 257 Å². The first-order chi connectivity index (χ1) is 20.7. The van der Waals surface area contributed by atoms with E-state index in [1.807, 2.05) is 24.3 Å². The summed E-state index contributed by atoms with van der Waals surface area (Å²) in [6.45, 7) is 3.68. The third-order valence-electron chi connectivity index (χ3n) is 8.32. The van der Waals surface area contributed by atoms with Crippen LogP contribution >= 0.6 is 0 Å². The summed E-state index contributed by atoms with van der Waals surface area (Å²) in [4.78, 5) is 20.3. The van der Waals surface area contributed by atoms with Gasteiger partial charge in [-0.05, 0) is 113 Å². The number of allylic oxidation sites excluding steroid dienone is 1. The highest BCUT2D eigenvalue weighted by Gasteiger charge is 2.37. The zero-order chi connectivity index (χ0) is 31.0. The van der Waals surface area contributed by atoms with Gasteiger partial charge in [0.25, 0.3) is 0 Å². The number of esters is 1. The third-order valence-corrected chi connectivity index (χ3v) is 8.32. The molecule has 3 aromatic carbocycles. The van der Waals surface area contributed by atoms with Crippen molar-refractivity contribution in [1.82, 2.24) is 9.80 Å². The van der Waals surface area contributed by atoms with Crippen LogP contribution in [0.1, 0.15) is 45.5 Å². The Morgan fingerprint density at radius 2 is 1.23 bits per heavy atom. The molecule has 0 aromatic heterocycles. The van der Waals surface area contributed by atoms with E-state index in [1.165, 1.54) is 7.11 Å². The van der Waals surface area contributed by atoms with Crippen molar-refractivity contribution in [2.45, 2.75) is 24.7 Å². The summed E-state index contributed by atoms with van der Waals surface area (Å²) < 4.78 is 16.3. The number of ether oxygens (including phenoxy) is 3. The maximum Gasteiger partial charge on any atom is 0.340 e. The molecule has 1 aliphatic carbocycles. The minimum absolute atomic E-state index is 0.303. The van der Waals surface area contributed by atoms with Crippen molar-refractivity contribution in [2.75, 3.05) is 80.6 Å². The van der Waals surface area contributed by atoms with E-state index in [2.05, 4.69) is 91.4 Å². The van der Waals surface area contributed by atoms with E-state index in [1.54, 1.807) is 14.2 Å². The fourth-order valence-corrected chi connectivity index (χ4v) is 6.01. The lowest BCUT2D eigenvalue weighted by Gasteiger charge is -2.37. The van der Waals surface area contributed by atoms with Gasteiger partial charge in [-0.1, -0.05) is 42.5 Å². The number of carbonyl (C=O) groups excluding carboxylic acids is 1. The maximum atomic E-state index is 13.5. The zero-order valence-corrected chi connectivity index (χ0v) is 26.9. The Balaban J connectivity index is 1.81. The van der Waals surface area contributed by atoms with Crippen LogP contribution in [0.15, 0.2) is 66.7 Å². The molecule has 1 aliphatic rings. The van der Waals surface area contributed by atoms with Crippen molar-refractivity contribution in [1.29, 1.82) is 0 Å². The summed E-state index contributed by atoms with van der Waals surface area (Å²) >= 11 is 0. The molecule has 230 valence electrons. The molecule has 7 heteroatoms. The molecule has 43 heavy (non-hydrogen) atoms. The van der Waals surface area contributed by atoms with E-state index in [9.17, 15) is 4.79 Å². The number of carbonyl (C=O) groups is 1. The predicted molar refractivity (Wildman–Crippen MR) is 176 cm³/mol. The highest BCUT2D eigenvalue weighted by Crippen LogP contribution is 2.44. The number of fused-ring (bicyclic) bond motifs is 1. The fraction of sp³-hybridized carbons (Fsp3) is 0.417. The molecule has 0 N–H and O–H groups in total. The molecule has 0 aliphatic heterocycles. The number of methoxy groups -OCH3 is 3. The van der Waals surface area contributed by atoms with Gasteiger partial charge < -0.3 is 28.9 Å². The van der Waals surface area contributed by atoms with Crippen LogP contribution in [-0.2, 0) is 16.6 Å². The van der Waals surface area contributed by atoms with E-state index in [0.717, 1.165) is 78.5 Å². The second-order valence-corrected chi connectivity index (χ2v) is 11.8. The molecule has 3 aromatic rings. The lowest BCUT2D eigenvalue weighted by molar-refractivity contribution is 0.0601. The normalized spacial score (nSPS) is 13.6. The molecule has 0 atom stereocenters. The standard InChI is InChI=1S/C36H47N3O4/c1-37(2)22-8-24-39(25-9-23-38(3)4)33-19-10-27-26-36(28-11-15-30(41-5)16-12-28,29-13-17-31(42-6)18-14-29)21-20-32(27)34(33)35(40)43-7/h10-21H,8-9,22-26H2,1-7H3. The number of benzene rings is 3. The van der Waals surface area contributed by atoms with Crippen LogP contribution in [0.25, 0.3) is 6.08 Å². The Kier molecular flexibility index (Phi) is 10.9. The molecule has 0 spiro atoms. The summed E-state index contributed by atoms with van der Waals surface area (Å²) in [7, 11) is 13.2. The van der Waals surface area contributed by atoms with Crippen molar-refractivity contribution >= 4 is 17.7 Å². The first-order valence-corrected chi connectivity index (χ1v) is 15.0. The average Bonchev–Trinajstić information content (AvgIpc) is 3.02. The summed E-state index contributed by atoms with van der Waals surface area (Å²) in [6, 6.07) is 20.9. The van der Waals surface area contributed by atoms with Gasteiger partial charge in [-0.25, -0.2) is 4.79 Å². The summed E-state index contributed by atoms with van der Waals surface area (Å²) in [5.74, 6) is 1.33. The summed E-state index contributed by atoms with van der Waals surface area (Å²) in [5.41, 5.74) is 5.50. The van der Waals surface area contributed by atoms with Crippen LogP contribution in [0, 0.1) is 0 Å². The Morgan fingerprint density at radius 3 is 1.67 bits per heavy atom. The molecule has 0 unspecified atom stereocenters. The van der Waals surface area contributed by atoms with Gasteiger partial charge in [0, 0.05) is 18.5 Å². The number of nitrogens with zero attached hydrogens (tertiary/aromatic N) is 3. The third kappa shape index (κ3) is 7.40. The molecule has 0 heterocycles. The van der Waals surface area contributed by atoms with Gasteiger partial charge in [-0.15, -0.1) is 0 Å². The number of hydrogen-bond donors (Lipinski definition) is 0. The number of hydrogen-bond acceptors (Lipinski definition) is 7. The van der Waals surface area contributed by atoms with Crippen LogP contribution in [0.2, 0.25) is 0 Å². The molecule has 0 saturated carbocycles. The second-order valence-electron chi connectivity index (χ2n) is 11.8. The van der Waals surface area contributed by atoms with Gasteiger partial charge in [-0.3, -0.25) is 0 Å². The number of rotatable bonds is 14. The first-order valence-electron chi connectivity index (χ1n) is 15.0. The van der Waals surface area contributed by atoms with E-state index < -0.39 is 5.41 Å². The molecule has 4 rings (SSSR count). The van der Waals surface area contributed by atoms with E-state index >= 15 is 0 Å². The predicted octanol–water partition coefficient (Wildman–Crippen LogP) is 5.76. The van der Waals surface area contributed by atoms with Crippen LogP contribution in [0.3, 0.4) is 0 Å². The van der Waals surface area contributed by atoms with E-state index in [0.29, 0.717) is 12.0 Å². The lowest BCUT2D eigenvalue weighted by atomic mass is 9.67. The van der Waals surface area contributed by atoms with Crippen LogP contribution in [-0.4, -0.2) is 91.5 Å². The molecule has 0 fully saturated rings. The van der Waals surface area contributed by atoms with Gasteiger partial charge in [0.2, 0.25) is 0 Å². The topological polar surface area (TPSA) is 54.5 Å². The average molecular weight is 586 g/mol. The van der Waals surface area contributed by atoms with Gasteiger partial charge in [0.15, 0.2) is 0 Å².